The third kappa shape index (κ3) is 2.07. The van der Waals surface area contributed by atoms with Crippen molar-refractivity contribution in [3.05, 3.63) is 23.8 Å². The van der Waals surface area contributed by atoms with E-state index in [1.54, 1.807) is 0 Å². The number of rotatable bonds is 2. The van der Waals surface area contributed by atoms with E-state index in [1.807, 2.05) is 25.1 Å². The molecule has 98 valence electrons. The van der Waals surface area contributed by atoms with Gasteiger partial charge in [-0.2, -0.15) is 0 Å². The van der Waals surface area contributed by atoms with Gasteiger partial charge in [-0.05, 0) is 38.3 Å². The predicted molar refractivity (Wildman–Crippen MR) is 71.8 cm³/mol. The van der Waals surface area contributed by atoms with Crippen LogP contribution in [0.3, 0.4) is 0 Å². The molecular weight excluding hydrogens is 226 g/mol. The first-order chi connectivity index (χ1) is 8.69. The number of nitrogens with two attached hydrogens (primary N) is 1. The van der Waals surface area contributed by atoms with Gasteiger partial charge in [0.1, 0.15) is 11.9 Å². The van der Waals surface area contributed by atoms with Crippen molar-refractivity contribution in [2.75, 3.05) is 12.3 Å². The summed E-state index contributed by atoms with van der Waals surface area (Å²) in [4.78, 5) is 0. The second-order valence-electron chi connectivity index (χ2n) is 5.59. The van der Waals surface area contributed by atoms with Crippen LogP contribution < -0.4 is 10.5 Å². The van der Waals surface area contributed by atoms with Gasteiger partial charge < -0.3 is 15.2 Å². The molecule has 2 N–H and O–H groups in total. The third-order valence-electron chi connectivity index (χ3n) is 4.33. The molecule has 1 saturated carbocycles. The molecule has 0 amide bonds. The van der Waals surface area contributed by atoms with E-state index in [0.29, 0.717) is 0 Å². The van der Waals surface area contributed by atoms with Crippen molar-refractivity contribution < 1.29 is 9.47 Å². The highest BCUT2D eigenvalue weighted by atomic mass is 16.5. The van der Waals surface area contributed by atoms with Gasteiger partial charge in [-0.3, -0.25) is 0 Å². The Balaban J connectivity index is 1.70. The average molecular weight is 247 g/mol. The summed E-state index contributed by atoms with van der Waals surface area (Å²) in [5.41, 5.74) is 7.90. The summed E-state index contributed by atoms with van der Waals surface area (Å²) in [6, 6.07) is 5.88. The van der Waals surface area contributed by atoms with Crippen LogP contribution in [0, 0.1) is 6.92 Å². The normalized spacial score (nSPS) is 25.7. The zero-order chi connectivity index (χ0) is 12.6. The van der Waals surface area contributed by atoms with E-state index in [0.717, 1.165) is 36.4 Å². The molecule has 1 atom stereocenters. The maximum Gasteiger partial charge on any atom is 0.124 e. The quantitative estimate of drug-likeness (QED) is 0.817. The van der Waals surface area contributed by atoms with E-state index in [9.17, 15) is 0 Å². The van der Waals surface area contributed by atoms with Crippen molar-refractivity contribution in [1.82, 2.24) is 0 Å². The number of hydrogen-bond acceptors (Lipinski definition) is 3. The highest BCUT2D eigenvalue weighted by molar-refractivity contribution is 5.53. The molecule has 18 heavy (non-hydrogen) atoms. The summed E-state index contributed by atoms with van der Waals surface area (Å²) in [6.45, 7) is 2.84. The molecule has 1 unspecified atom stereocenters. The highest BCUT2D eigenvalue weighted by Gasteiger charge is 2.43. The fourth-order valence-corrected chi connectivity index (χ4v) is 2.94. The minimum absolute atomic E-state index is 0.136. The van der Waals surface area contributed by atoms with Crippen LogP contribution in [0.25, 0.3) is 0 Å². The second-order valence-corrected chi connectivity index (χ2v) is 5.59. The van der Waals surface area contributed by atoms with E-state index in [1.165, 1.54) is 19.3 Å². The van der Waals surface area contributed by atoms with Gasteiger partial charge in [-0.25, -0.2) is 0 Å². The fraction of sp³-hybridized carbons (Fsp3) is 0.600. The first kappa shape index (κ1) is 11.8. The Morgan fingerprint density at radius 1 is 1.39 bits per heavy atom. The highest BCUT2D eigenvalue weighted by Crippen LogP contribution is 2.43. The molecule has 3 nitrogen and oxygen atoms in total. The van der Waals surface area contributed by atoms with Crippen molar-refractivity contribution in [3.8, 4) is 5.75 Å². The van der Waals surface area contributed by atoms with E-state index >= 15 is 0 Å². The molecule has 1 heterocycles. The van der Waals surface area contributed by atoms with Crippen LogP contribution in [0.5, 0.6) is 5.75 Å². The molecule has 1 spiro atoms. The first-order valence-corrected chi connectivity index (χ1v) is 6.84. The van der Waals surface area contributed by atoms with Gasteiger partial charge in [-0.1, -0.05) is 6.07 Å². The molecule has 2 aliphatic rings. The fourth-order valence-electron chi connectivity index (χ4n) is 2.94. The SMILES string of the molecule is Cc1c(N)cccc1OC1CCOC2(CCC2)C1. The third-order valence-corrected chi connectivity index (χ3v) is 4.33. The topological polar surface area (TPSA) is 44.5 Å². The van der Waals surface area contributed by atoms with Crippen LogP contribution >= 0.6 is 0 Å². The van der Waals surface area contributed by atoms with E-state index in [-0.39, 0.29) is 11.7 Å². The molecule has 1 aromatic rings. The Morgan fingerprint density at radius 3 is 2.94 bits per heavy atom. The summed E-state index contributed by atoms with van der Waals surface area (Å²) >= 11 is 0. The van der Waals surface area contributed by atoms with Crippen molar-refractivity contribution in [2.24, 2.45) is 0 Å². The number of nitrogen functional groups attached to an aromatic ring is 1. The van der Waals surface area contributed by atoms with Crippen LogP contribution in [-0.2, 0) is 4.74 Å². The van der Waals surface area contributed by atoms with Gasteiger partial charge in [0.2, 0.25) is 0 Å². The summed E-state index contributed by atoms with van der Waals surface area (Å²) < 4.78 is 12.1. The maximum absolute atomic E-state index is 6.14. The summed E-state index contributed by atoms with van der Waals surface area (Å²) in [6.07, 6.45) is 5.98. The van der Waals surface area contributed by atoms with Crippen LogP contribution in [0.1, 0.15) is 37.7 Å². The number of ether oxygens (including phenoxy) is 2. The smallest absolute Gasteiger partial charge is 0.124 e. The summed E-state index contributed by atoms with van der Waals surface area (Å²) in [5, 5.41) is 0. The van der Waals surface area contributed by atoms with Crippen molar-refractivity contribution >= 4 is 5.69 Å². The first-order valence-electron chi connectivity index (χ1n) is 6.84. The van der Waals surface area contributed by atoms with Crippen LogP contribution in [0.2, 0.25) is 0 Å². The zero-order valence-electron chi connectivity index (χ0n) is 10.9. The molecule has 0 radical (unpaired) electrons. The molecule has 0 aromatic heterocycles. The summed E-state index contributed by atoms with van der Waals surface area (Å²) in [7, 11) is 0. The lowest BCUT2D eigenvalue weighted by atomic mass is 9.74. The lowest BCUT2D eigenvalue weighted by Gasteiger charge is -2.47. The Labute approximate surface area is 108 Å². The largest absolute Gasteiger partial charge is 0.490 e. The molecule has 1 saturated heterocycles. The zero-order valence-corrected chi connectivity index (χ0v) is 10.9. The number of hydrogen-bond donors (Lipinski definition) is 1. The molecule has 1 aliphatic carbocycles. The molecule has 0 bridgehead atoms. The van der Waals surface area contributed by atoms with E-state index in [4.69, 9.17) is 15.2 Å². The molecule has 1 aromatic carbocycles. The van der Waals surface area contributed by atoms with Crippen molar-refractivity contribution in [3.63, 3.8) is 0 Å². The van der Waals surface area contributed by atoms with Gasteiger partial charge >= 0.3 is 0 Å². The Bertz CT molecular complexity index is 440. The predicted octanol–water partition coefficient (Wildman–Crippen LogP) is 3.06. The average Bonchev–Trinajstić information content (AvgIpc) is 2.34. The monoisotopic (exact) mass is 247 g/mol. The minimum Gasteiger partial charge on any atom is -0.490 e. The molecule has 2 fully saturated rings. The maximum atomic E-state index is 6.14. The van der Waals surface area contributed by atoms with Gasteiger partial charge in [-0.15, -0.1) is 0 Å². The molecule has 1 aliphatic heterocycles. The van der Waals surface area contributed by atoms with Crippen LogP contribution in [0.15, 0.2) is 18.2 Å². The Hall–Kier alpha value is -1.22. The van der Waals surface area contributed by atoms with Crippen molar-refractivity contribution in [2.45, 2.75) is 50.7 Å². The van der Waals surface area contributed by atoms with E-state index in [2.05, 4.69) is 0 Å². The minimum atomic E-state index is 0.136. The van der Waals surface area contributed by atoms with Gasteiger partial charge in [0.25, 0.3) is 0 Å². The van der Waals surface area contributed by atoms with Crippen molar-refractivity contribution in [1.29, 1.82) is 0 Å². The molecular formula is C15H21NO2. The number of benzene rings is 1. The van der Waals surface area contributed by atoms with Gasteiger partial charge in [0, 0.05) is 24.1 Å². The molecule has 3 heteroatoms. The Morgan fingerprint density at radius 2 is 2.22 bits per heavy atom. The standard InChI is InChI=1S/C15H21NO2/c1-11-13(16)4-2-5-14(11)18-12-6-9-17-15(10-12)7-3-8-15/h2,4-5,12H,3,6-10,16H2,1H3. The van der Waals surface area contributed by atoms with Crippen LogP contribution in [-0.4, -0.2) is 18.3 Å². The summed E-state index contributed by atoms with van der Waals surface area (Å²) in [5.74, 6) is 0.927. The lowest BCUT2D eigenvalue weighted by Crippen LogP contribution is -2.48. The molecule has 3 rings (SSSR count). The van der Waals surface area contributed by atoms with Gasteiger partial charge in [0.15, 0.2) is 0 Å². The lowest BCUT2D eigenvalue weighted by molar-refractivity contribution is -0.153. The van der Waals surface area contributed by atoms with Crippen LogP contribution in [0.4, 0.5) is 5.69 Å². The van der Waals surface area contributed by atoms with E-state index < -0.39 is 0 Å². The second kappa shape index (κ2) is 4.47. The number of anilines is 1. The Kier molecular flexibility index (Phi) is 2.94. The van der Waals surface area contributed by atoms with Gasteiger partial charge in [0.05, 0.1) is 12.2 Å².